The number of nitrogens with zero attached hydrogens (tertiary/aromatic N) is 4. The molecule has 2 aromatic rings. The Labute approximate surface area is 253 Å². The van der Waals surface area contributed by atoms with Gasteiger partial charge in [-0.3, -0.25) is 0 Å². The minimum atomic E-state index is -2.18. The summed E-state index contributed by atoms with van der Waals surface area (Å²) in [6, 6.07) is 0. The topological polar surface area (TPSA) is 114 Å². The van der Waals surface area contributed by atoms with Gasteiger partial charge in [-0.2, -0.15) is 11.8 Å². The molecule has 0 saturated heterocycles. The first kappa shape index (κ1) is 35.9. The monoisotopic (exact) mass is 612 g/mol. The fourth-order valence-corrected chi connectivity index (χ4v) is 6.18. The molecule has 2 heterocycles. The van der Waals surface area contributed by atoms with E-state index in [1.165, 1.54) is 115 Å². The van der Waals surface area contributed by atoms with Crippen LogP contribution < -0.4 is 5.73 Å². The standard InChI is InChI=1S/C30H55N5O4PS/c1-3-4-5-6-7-8-9-10-11-12-13-14-15-16-17-18-21-41-22-19-20-38-40(36)39-26-37-27(2)23-35-25-34-28-29(31)32-24-33-30(28)35/h24-25,27H,3-23,26H2,1-2H3,(H2,31,32,33)/q+1/t27-/m1/s1. The van der Waals surface area contributed by atoms with Crippen LogP contribution in [0.2, 0.25) is 0 Å². The molecule has 0 spiro atoms. The van der Waals surface area contributed by atoms with Crippen LogP contribution in [0.1, 0.15) is 123 Å². The quantitative estimate of drug-likeness (QED) is 0.0571. The van der Waals surface area contributed by atoms with E-state index in [-0.39, 0.29) is 12.9 Å². The number of ether oxygens (including phenoxy) is 1. The van der Waals surface area contributed by atoms with Crippen LogP contribution >= 0.6 is 20.0 Å². The maximum Gasteiger partial charge on any atom is 0.699 e. The van der Waals surface area contributed by atoms with Gasteiger partial charge in [0.15, 0.2) is 11.5 Å². The molecule has 0 fully saturated rings. The lowest BCUT2D eigenvalue weighted by Crippen LogP contribution is -2.17. The number of imidazole rings is 1. The van der Waals surface area contributed by atoms with Crippen molar-refractivity contribution in [1.82, 2.24) is 19.5 Å². The average Bonchev–Trinajstić information content (AvgIpc) is 3.37. The van der Waals surface area contributed by atoms with Crippen molar-refractivity contribution in [3.8, 4) is 0 Å². The van der Waals surface area contributed by atoms with Gasteiger partial charge in [-0.25, -0.2) is 15.0 Å². The van der Waals surface area contributed by atoms with Crippen LogP contribution in [0.15, 0.2) is 12.7 Å². The SMILES string of the molecule is CCCCCCCCCCCCCCCCCCSCCCO[P+](=O)OCO[C@H](C)Cn1cnc2c(N)ncnc21. The highest BCUT2D eigenvalue weighted by Crippen LogP contribution is 2.24. The molecule has 11 heteroatoms. The van der Waals surface area contributed by atoms with Crippen LogP contribution in [0.25, 0.3) is 11.2 Å². The van der Waals surface area contributed by atoms with Gasteiger partial charge in [-0.15, -0.1) is 4.52 Å². The number of aromatic nitrogens is 4. The highest BCUT2D eigenvalue weighted by Gasteiger charge is 2.21. The number of rotatable bonds is 28. The van der Waals surface area contributed by atoms with E-state index in [1.54, 1.807) is 6.33 Å². The predicted molar refractivity (Wildman–Crippen MR) is 171 cm³/mol. The van der Waals surface area contributed by atoms with Gasteiger partial charge < -0.3 is 15.0 Å². The lowest BCUT2D eigenvalue weighted by atomic mass is 10.0. The van der Waals surface area contributed by atoms with Gasteiger partial charge in [0.2, 0.25) is 6.79 Å². The Morgan fingerprint density at radius 2 is 1.41 bits per heavy atom. The third kappa shape index (κ3) is 17.4. The summed E-state index contributed by atoms with van der Waals surface area (Å²) in [6.45, 7) is 5.01. The number of fused-ring (bicyclic) bond motifs is 1. The van der Waals surface area contributed by atoms with Gasteiger partial charge in [-0.1, -0.05) is 108 Å². The van der Waals surface area contributed by atoms with E-state index >= 15 is 0 Å². The third-order valence-corrected chi connectivity index (χ3v) is 9.03. The molecular weight excluding hydrogens is 557 g/mol. The molecule has 0 saturated carbocycles. The lowest BCUT2D eigenvalue weighted by molar-refractivity contribution is -0.0367. The zero-order valence-corrected chi connectivity index (χ0v) is 27.4. The number of anilines is 1. The Bertz CT molecular complexity index is 935. The van der Waals surface area contributed by atoms with Crippen LogP contribution in [0.3, 0.4) is 0 Å². The minimum Gasteiger partial charge on any atom is -0.382 e. The summed E-state index contributed by atoms with van der Waals surface area (Å²) in [4.78, 5) is 12.4. The Morgan fingerprint density at radius 3 is 2.05 bits per heavy atom. The number of hydrogen-bond acceptors (Lipinski definition) is 9. The molecular formula is C30H55N5O4PS+. The van der Waals surface area contributed by atoms with Crippen molar-refractivity contribution in [2.45, 2.75) is 136 Å². The molecule has 2 aromatic heterocycles. The summed E-state index contributed by atoms with van der Waals surface area (Å²) < 4.78 is 29.8. The molecule has 41 heavy (non-hydrogen) atoms. The van der Waals surface area contributed by atoms with Crippen LogP contribution in [-0.2, 0) is 24.9 Å². The molecule has 2 N–H and O–H groups in total. The van der Waals surface area contributed by atoms with Crippen molar-refractivity contribution in [3.05, 3.63) is 12.7 Å². The van der Waals surface area contributed by atoms with Gasteiger partial charge in [0.05, 0.1) is 19.0 Å². The zero-order valence-electron chi connectivity index (χ0n) is 25.6. The minimum absolute atomic E-state index is 0.103. The van der Waals surface area contributed by atoms with Crippen molar-refractivity contribution in [3.63, 3.8) is 0 Å². The van der Waals surface area contributed by atoms with Crippen molar-refractivity contribution >= 4 is 37.0 Å². The predicted octanol–water partition coefficient (Wildman–Crippen LogP) is 8.85. The summed E-state index contributed by atoms with van der Waals surface area (Å²) in [6.07, 6.45) is 26.2. The highest BCUT2D eigenvalue weighted by molar-refractivity contribution is 7.99. The van der Waals surface area contributed by atoms with Crippen LogP contribution in [0.5, 0.6) is 0 Å². The number of thioether (sulfide) groups is 1. The average molecular weight is 613 g/mol. The maximum absolute atomic E-state index is 11.9. The molecule has 2 atom stereocenters. The fourth-order valence-electron chi connectivity index (χ4n) is 4.74. The van der Waals surface area contributed by atoms with E-state index in [1.807, 2.05) is 23.3 Å². The van der Waals surface area contributed by atoms with Gasteiger partial charge in [0.1, 0.15) is 18.5 Å². The van der Waals surface area contributed by atoms with E-state index in [2.05, 4.69) is 21.9 Å². The van der Waals surface area contributed by atoms with Crippen molar-refractivity contribution in [2.75, 3.05) is 30.6 Å². The molecule has 234 valence electrons. The number of nitrogen functional groups attached to an aromatic ring is 1. The molecule has 0 radical (unpaired) electrons. The van der Waals surface area contributed by atoms with E-state index in [0.29, 0.717) is 30.1 Å². The summed E-state index contributed by atoms with van der Waals surface area (Å²) >= 11 is 1.95. The second-order valence-electron chi connectivity index (χ2n) is 10.9. The van der Waals surface area contributed by atoms with Gasteiger partial charge in [0.25, 0.3) is 0 Å². The van der Waals surface area contributed by atoms with E-state index in [0.717, 1.165) is 12.2 Å². The molecule has 2 rings (SSSR count). The third-order valence-electron chi connectivity index (χ3n) is 7.17. The molecule has 0 amide bonds. The summed E-state index contributed by atoms with van der Waals surface area (Å²) in [7, 11) is -2.18. The molecule has 0 aromatic carbocycles. The van der Waals surface area contributed by atoms with Crippen molar-refractivity contribution < 1.29 is 18.3 Å². The van der Waals surface area contributed by atoms with Crippen LogP contribution in [0, 0.1) is 0 Å². The molecule has 0 aliphatic rings. The lowest BCUT2D eigenvalue weighted by Gasteiger charge is -2.11. The normalized spacial score (nSPS) is 12.8. The number of unbranched alkanes of at least 4 members (excludes halogenated alkanes) is 15. The molecule has 9 nitrogen and oxygen atoms in total. The van der Waals surface area contributed by atoms with Gasteiger partial charge >= 0.3 is 8.25 Å². The van der Waals surface area contributed by atoms with Gasteiger partial charge in [-0.05, 0) is 31.3 Å². The first-order chi connectivity index (χ1) is 20.1. The zero-order chi connectivity index (χ0) is 29.4. The largest absolute Gasteiger partial charge is 0.699 e. The summed E-state index contributed by atoms with van der Waals surface area (Å²) in [5.41, 5.74) is 7.03. The highest BCUT2D eigenvalue weighted by atomic mass is 32.2. The first-order valence-electron chi connectivity index (χ1n) is 16.0. The second kappa shape index (κ2) is 24.2. The molecule has 0 aliphatic carbocycles. The maximum atomic E-state index is 11.9. The molecule has 1 unspecified atom stereocenters. The van der Waals surface area contributed by atoms with E-state index in [9.17, 15) is 4.57 Å². The Balaban J connectivity index is 1.29. The van der Waals surface area contributed by atoms with E-state index in [4.69, 9.17) is 19.5 Å². The summed E-state index contributed by atoms with van der Waals surface area (Å²) in [5.74, 6) is 2.55. The van der Waals surface area contributed by atoms with Crippen molar-refractivity contribution in [2.24, 2.45) is 0 Å². The molecule has 0 aliphatic heterocycles. The van der Waals surface area contributed by atoms with Gasteiger partial charge in [0, 0.05) is 4.57 Å². The smallest absolute Gasteiger partial charge is 0.382 e. The van der Waals surface area contributed by atoms with E-state index < -0.39 is 8.25 Å². The first-order valence-corrected chi connectivity index (χ1v) is 18.2. The van der Waals surface area contributed by atoms with Crippen LogP contribution in [-0.4, -0.2) is 50.5 Å². The Hall–Kier alpha value is -1.32. The van der Waals surface area contributed by atoms with Crippen LogP contribution in [0.4, 0.5) is 5.82 Å². The molecule has 0 bridgehead atoms. The van der Waals surface area contributed by atoms with Crippen molar-refractivity contribution in [1.29, 1.82) is 0 Å². The fraction of sp³-hybridized carbons (Fsp3) is 0.833. The Morgan fingerprint density at radius 1 is 0.829 bits per heavy atom. The summed E-state index contributed by atoms with van der Waals surface area (Å²) in [5, 5.41) is 0. The Kier molecular flexibility index (Phi) is 21.1. The second-order valence-corrected chi connectivity index (χ2v) is 13.1. The number of nitrogens with two attached hydrogens (primary N) is 1. The number of hydrogen-bond donors (Lipinski definition) is 1.